The zero-order valence-corrected chi connectivity index (χ0v) is 24.3. The van der Waals surface area contributed by atoms with Gasteiger partial charge in [-0.1, -0.05) is 0 Å². The van der Waals surface area contributed by atoms with Crippen LogP contribution in [0.5, 0.6) is 23.0 Å². The minimum atomic E-state index is -4.76. The number of halogens is 4. The van der Waals surface area contributed by atoms with Crippen LogP contribution in [0, 0.1) is 0 Å². The van der Waals surface area contributed by atoms with Crippen molar-refractivity contribution in [1.29, 1.82) is 0 Å². The first-order valence-electron chi connectivity index (χ1n) is 11.7. The van der Waals surface area contributed by atoms with E-state index in [4.69, 9.17) is 63.8 Å². The predicted octanol–water partition coefficient (Wildman–Crippen LogP) is 10.2. The molecule has 196 valence electrons. The SMILES string of the molecule is ClC(c1ccccc1)N1P2(Cl)(Oc3ccccc3O2)N(C(Cl)c2ccccc2)P12(Cl)Oc1ccccc1O2. The number of nitrogens with zero attached hydrogens (tertiary/aromatic N) is 2. The van der Waals surface area contributed by atoms with E-state index in [0.717, 1.165) is 0 Å². The first-order chi connectivity index (χ1) is 18.2. The van der Waals surface area contributed by atoms with Crippen molar-refractivity contribution in [3.05, 3.63) is 120 Å². The van der Waals surface area contributed by atoms with E-state index in [0.29, 0.717) is 34.1 Å². The molecule has 12 heteroatoms. The normalized spacial score (nSPS) is 24.8. The van der Waals surface area contributed by atoms with E-state index >= 15 is 0 Å². The second-order valence-electron chi connectivity index (χ2n) is 8.95. The molecule has 7 rings (SSSR count). The van der Waals surface area contributed by atoms with E-state index in [2.05, 4.69) is 0 Å². The number of para-hydroxylation sites is 4. The molecule has 4 aromatic rings. The van der Waals surface area contributed by atoms with Gasteiger partial charge in [0.25, 0.3) is 0 Å². The van der Waals surface area contributed by atoms with E-state index in [1.165, 1.54) is 0 Å². The molecule has 2 unspecified atom stereocenters. The van der Waals surface area contributed by atoms with Crippen molar-refractivity contribution < 1.29 is 18.1 Å². The van der Waals surface area contributed by atoms with Crippen LogP contribution >= 0.6 is 59.1 Å². The summed E-state index contributed by atoms with van der Waals surface area (Å²) in [6, 6.07) is 33.1. The number of rotatable bonds is 4. The molecule has 0 bridgehead atoms. The van der Waals surface area contributed by atoms with E-state index in [-0.39, 0.29) is 0 Å². The minimum absolute atomic E-state index is 0.433. The van der Waals surface area contributed by atoms with Gasteiger partial charge in [0.15, 0.2) is 0 Å². The molecule has 3 heterocycles. The molecule has 0 aromatic heterocycles. The van der Waals surface area contributed by atoms with Crippen LogP contribution in [0.15, 0.2) is 109 Å². The molecule has 0 amide bonds. The van der Waals surface area contributed by atoms with Gasteiger partial charge >= 0.3 is 240 Å². The molecule has 38 heavy (non-hydrogen) atoms. The number of alkyl halides is 2. The van der Waals surface area contributed by atoms with E-state index in [9.17, 15) is 0 Å². The molecule has 0 radical (unpaired) electrons. The summed E-state index contributed by atoms with van der Waals surface area (Å²) in [5.74, 6) is 1.73. The molecule has 2 atom stereocenters. The van der Waals surface area contributed by atoms with Gasteiger partial charge in [-0.15, -0.1) is 0 Å². The van der Waals surface area contributed by atoms with Crippen molar-refractivity contribution in [3.8, 4) is 23.0 Å². The summed E-state index contributed by atoms with van der Waals surface area (Å²) in [5, 5.41) is 0. The number of benzene rings is 4. The summed E-state index contributed by atoms with van der Waals surface area (Å²) < 4.78 is 29.6. The maximum atomic E-state index is 7.74. The molecule has 0 N–H and O–H groups in total. The summed E-state index contributed by atoms with van der Waals surface area (Å²) in [6.07, 6.45) is 0. The number of fused-ring (bicyclic) bond motifs is 2. The summed E-state index contributed by atoms with van der Waals surface area (Å²) in [7, 11) is 0. The van der Waals surface area contributed by atoms with Crippen LogP contribution in [-0.4, -0.2) is 8.88 Å². The van der Waals surface area contributed by atoms with Gasteiger partial charge < -0.3 is 0 Å². The van der Waals surface area contributed by atoms with Gasteiger partial charge in [0.2, 0.25) is 0 Å². The average Bonchev–Trinajstić information content (AvgIpc) is 3.42. The fourth-order valence-corrected chi connectivity index (χ4v) is 24.7. The Morgan fingerprint density at radius 2 is 0.711 bits per heavy atom. The van der Waals surface area contributed by atoms with Crippen molar-refractivity contribution >= 4 is 59.1 Å². The van der Waals surface area contributed by atoms with Gasteiger partial charge in [-0.25, -0.2) is 0 Å². The summed E-state index contributed by atoms with van der Waals surface area (Å²) in [5.41, 5.74) is -0.553. The van der Waals surface area contributed by atoms with E-state index in [1.807, 2.05) is 84.9 Å². The average molecular weight is 628 g/mol. The van der Waals surface area contributed by atoms with Crippen LogP contribution in [0.2, 0.25) is 0 Å². The Morgan fingerprint density at radius 1 is 0.447 bits per heavy atom. The molecule has 3 aliphatic rings. The third-order valence-electron chi connectivity index (χ3n) is 6.61. The first kappa shape index (κ1) is 25.0. The molecule has 0 aliphatic carbocycles. The maximum absolute atomic E-state index is 7.74. The molecule has 1 fully saturated rings. The van der Waals surface area contributed by atoms with E-state index in [1.54, 1.807) is 33.1 Å². The first-order valence-corrected chi connectivity index (χ1v) is 18.3. The predicted molar refractivity (Wildman–Crippen MR) is 155 cm³/mol. The third-order valence-corrected chi connectivity index (χ3v) is 21.5. The molecular weight excluding hydrogens is 608 g/mol. The molecular formula is C26H20Cl4N2O4P2. The van der Waals surface area contributed by atoms with Crippen LogP contribution in [0.25, 0.3) is 0 Å². The molecule has 1 saturated heterocycles. The van der Waals surface area contributed by atoms with Crippen molar-refractivity contribution in [2.45, 2.75) is 11.0 Å². The van der Waals surface area contributed by atoms with Crippen LogP contribution in [0.1, 0.15) is 22.1 Å². The van der Waals surface area contributed by atoms with E-state index < -0.39 is 24.4 Å². The van der Waals surface area contributed by atoms with Gasteiger partial charge in [-0.05, 0) is 0 Å². The van der Waals surface area contributed by atoms with Crippen molar-refractivity contribution in [3.63, 3.8) is 0 Å². The number of hydrogen-bond acceptors (Lipinski definition) is 6. The Labute approximate surface area is 239 Å². The Kier molecular flexibility index (Phi) is 5.44. The zero-order valence-electron chi connectivity index (χ0n) is 19.5. The third kappa shape index (κ3) is 3.18. The van der Waals surface area contributed by atoms with Gasteiger partial charge in [-0.2, -0.15) is 0 Å². The quantitative estimate of drug-likeness (QED) is 0.127. The molecule has 0 saturated carbocycles. The van der Waals surface area contributed by atoms with Crippen LogP contribution in [-0.2, 0) is 0 Å². The Hall–Kier alpha value is -1.98. The van der Waals surface area contributed by atoms with Crippen LogP contribution in [0.4, 0.5) is 0 Å². The molecule has 4 aromatic carbocycles. The standard InChI is InChI=1S/C26H20Cl4N2O4P2/c27-25(19-11-3-1-4-12-19)31-37(29,33-21-15-7-8-16-22(21)34-37)32(26(28)20-13-5-2-6-14-20)38(31,30)35-23-17-9-10-18-24(23)36-38/h1-18,25-26H. The second-order valence-corrected chi connectivity index (χ2v) is 19.5. The Morgan fingerprint density at radius 3 is 1.00 bits per heavy atom. The van der Waals surface area contributed by atoms with Crippen molar-refractivity contribution in [2.75, 3.05) is 0 Å². The molecule has 2 spiro atoms. The van der Waals surface area contributed by atoms with Crippen LogP contribution in [0.3, 0.4) is 0 Å². The van der Waals surface area contributed by atoms with Gasteiger partial charge in [0.05, 0.1) is 0 Å². The van der Waals surface area contributed by atoms with Gasteiger partial charge in [0.1, 0.15) is 0 Å². The van der Waals surface area contributed by atoms with Crippen LogP contribution < -0.4 is 18.1 Å². The van der Waals surface area contributed by atoms with Gasteiger partial charge in [-0.3, -0.25) is 0 Å². The summed E-state index contributed by atoms with van der Waals surface area (Å²) in [4.78, 5) is 0. The summed E-state index contributed by atoms with van der Waals surface area (Å²) >= 11 is 30.0. The second kappa shape index (κ2) is 8.27. The number of hydrogen-bond donors (Lipinski definition) is 0. The Balaban J connectivity index is 1.49. The zero-order chi connectivity index (χ0) is 26.2. The Bertz CT molecular complexity index is 1380. The molecule has 3 aliphatic heterocycles. The molecule has 6 nitrogen and oxygen atoms in total. The monoisotopic (exact) mass is 626 g/mol. The fourth-order valence-electron chi connectivity index (χ4n) is 5.03. The van der Waals surface area contributed by atoms with Crippen molar-refractivity contribution in [1.82, 2.24) is 8.88 Å². The topological polar surface area (TPSA) is 43.4 Å². The summed E-state index contributed by atoms with van der Waals surface area (Å²) in [6.45, 7) is -9.51. The van der Waals surface area contributed by atoms with Gasteiger partial charge in [0, 0.05) is 0 Å². The fraction of sp³-hybridized carbons (Fsp3) is 0.0769. The van der Waals surface area contributed by atoms with Crippen molar-refractivity contribution in [2.24, 2.45) is 0 Å².